The molecule has 0 amide bonds. The third kappa shape index (κ3) is 5.21. The van der Waals surface area contributed by atoms with Crippen molar-refractivity contribution >= 4 is 11.9 Å². The number of esters is 2. The molecule has 1 aliphatic rings. The largest absolute Gasteiger partial charge is 0.469 e. The van der Waals surface area contributed by atoms with Gasteiger partial charge in [0.05, 0.1) is 26.1 Å². The van der Waals surface area contributed by atoms with E-state index < -0.39 is 0 Å². The van der Waals surface area contributed by atoms with Gasteiger partial charge >= 0.3 is 11.9 Å². The number of hydrogen-bond acceptors (Lipinski definition) is 4. The van der Waals surface area contributed by atoms with E-state index in [1.165, 1.54) is 46.3 Å². The highest BCUT2D eigenvalue weighted by atomic mass is 16.5. The SMILES string of the molecule is COC(=O)[C@H](CC1CCCCC1)C[C@@H](C)C(=O)OC. The molecule has 0 aromatic heterocycles. The molecule has 1 rings (SSSR count). The van der Waals surface area contributed by atoms with Crippen molar-refractivity contribution in [2.24, 2.45) is 17.8 Å². The average molecular weight is 270 g/mol. The van der Waals surface area contributed by atoms with Crippen LogP contribution in [0.4, 0.5) is 0 Å². The molecule has 0 N–H and O–H groups in total. The van der Waals surface area contributed by atoms with Crippen LogP contribution in [0.15, 0.2) is 0 Å². The first kappa shape index (κ1) is 16.0. The summed E-state index contributed by atoms with van der Waals surface area (Å²) in [5, 5.41) is 0. The maximum absolute atomic E-state index is 11.9. The Bertz CT molecular complexity index is 295. The molecule has 1 aliphatic carbocycles. The lowest BCUT2D eigenvalue weighted by Gasteiger charge is -2.26. The molecule has 0 saturated heterocycles. The van der Waals surface area contributed by atoms with Crippen LogP contribution in [0.3, 0.4) is 0 Å². The van der Waals surface area contributed by atoms with E-state index in [9.17, 15) is 9.59 Å². The van der Waals surface area contributed by atoms with Crippen LogP contribution < -0.4 is 0 Å². The Kier molecular flexibility index (Phi) is 6.89. The van der Waals surface area contributed by atoms with Gasteiger partial charge in [0.25, 0.3) is 0 Å². The van der Waals surface area contributed by atoms with E-state index in [0.29, 0.717) is 12.3 Å². The van der Waals surface area contributed by atoms with Gasteiger partial charge in [0.2, 0.25) is 0 Å². The zero-order valence-corrected chi connectivity index (χ0v) is 12.3. The van der Waals surface area contributed by atoms with Crippen molar-refractivity contribution in [1.29, 1.82) is 0 Å². The van der Waals surface area contributed by atoms with Crippen molar-refractivity contribution in [2.45, 2.75) is 51.9 Å². The molecule has 4 nitrogen and oxygen atoms in total. The summed E-state index contributed by atoms with van der Waals surface area (Å²) in [6.07, 6.45) is 7.57. The van der Waals surface area contributed by atoms with Gasteiger partial charge in [0, 0.05) is 0 Å². The Hall–Kier alpha value is -1.06. The molecule has 0 heterocycles. The number of carbonyl (C=O) groups excluding carboxylic acids is 2. The van der Waals surface area contributed by atoms with Crippen LogP contribution in [0.5, 0.6) is 0 Å². The maximum atomic E-state index is 11.9. The van der Waals surface area contributed by atoms with Crippen molar-refractivity contribution < 1.29 is 19.1 Å². The normalized spacial score (nSPS) is 19.5. The summed E-state index contributed by atoms with van der Waals surface area (Å²) >= 11 is 0. The van der Waals surface area contributed by atoms with Gasteiger partial charge in [-0.25, -0.2) is 0 Å². The molecule has 1 fully saturated rings. The molecule has 2 atom stereocenters. The monoisotopic (exact) mass is 270 g/mol. The number of methoxy groups -OCH3 is 2. The van der Waals surface area contributed by atoms with Crippen LogP contribution in [-0.4, -0.2) is 26.2 Å². The quantitative estimate of drug-likeness (QED) is 0.696. The molecule has 0 radical (unpaired) electrons. The number of carbonyl (C=O) groups is 2. The third-order valence-electron chi connectivity index (χ3n) is 4.12. The van der Waals surface area contributed by atoms with Gasteiger partial charge in [-0.2, -0.15) is 0 Å². The Morgan fingerprint density at radius 1 is 1.05 bits per heavy atom. The van der Waals surface area contributed by atoms with Crippen LogP contribution in [0.25, 0.3) is 0 Å². The van der Waals surface area contributed by atoms with Crippen LogP contribution in [-0.2, 0) is 19.1 Å². The number of ether oxygens (including phenoxy) is 2. The van der Waals surface area contributed by atoms with Gasteiger partial charge in [-0.05, 0) is 18.8 Å². The first-order valence-corrected chi connectivity index (χ1v) is 7.24. The molecule has 0 aliphatic heterocycles. The predicted octanol–water partition coefficient (Wildman–Crippen LogP) is 2.95. The summed E-state index contributed by atoms with van der Waals surface area (Å²) in [5.41, 5.74) is 0. The van der Waals surface area contributed by atoms with Crippen molar-refractivity contribution in [2.75, 3.05) is 14.2 Å². The zero-order valence-electron chi connectivity index (χ0n) is 12.3. The molecule has 0 bridgehead atoms. The van der Waals surface area contributed by atoms with E-state index in [2.05, 4.69) is 0 Å². The van der Waals surface area contributed by atoms with E-state index in [-0.39, 0.29) is 23.8 Å². The number of hydrogen-bond donors (Lipinski definition) is 0. The first-order valence-electron chi connectivity index (χ1n) is 7.24. The van der Waals surface area contributed by atoms with Crippen molar-refractivity contribution in [3.63, 3.8) is 0 Å². The van der Waals surface area contributed by atoms with Gasteiger partial charge in [-0.15, -0.1) is 0 Å². The maximum Gasteiger partial charge on any atom is 0.308 e. The fourth-order valence-corrected chi connectivity index (χ4v) is 3.00. The van der Waals surface area contributed by atoms with Crippen molar-refractivity contribution in [3.05, 3.63) is 0 Å². The Balaban J connectivity index is 2.55. The Labute approximate surface area is 115 Å². The van der Waals surface area contributed by atoms with Crippen molar-refractivity contribution in [3.8, 4) is 0 Å². The lowest BCUT2D eigenvalue weighted by molar-refractivity contribution is -0.149. The minimum atomic E-state index is -0.252. The van der Waals surface area contributed by atoms with E-state index in [1.807, 2.05) is 6.92 Å². The van der Waals surface area contributed by atoms with Crippen LogP contribution >= 0.6 is 0 Å². The summed E-state index contributed by atoms with van der Waals surface area (Å²) in [6.45, 7) is 1.81. The summed E-state index contributed by atoms with van der Waals surface area (Å²) in [7, 11) is 2.80. The van der Waals surface area contributed by atoms with E-state index in [1.54, 1.807) is 0 Å². The first-order chi connectivity index (χ1) is 9.08. The summed E-state index contributed by atoms with van der Waals surface area (Å²) < 4.78 is 9.60. The highest BCUT2D eigenvalue weighted by Crippen LogP contribution is 2.31. The topological polar surface area (TPSA) is 52.6 Å². The highest BCUT2D eigenvalue weighted by molar-refractivity contribution is 5.75. The fraction of sp³-hybridized carbons (Fsp3) is 0.867. The van der Waals surface area contributed by atoms with Gasteiger partial charge in [0.1, 0.15) is 0 Å². The van der Waals surface area contributed by atoms with Crippen LogP contribution in [0.1, 0.15) is 51.9 Å². The van der Waals surface area contributed by atoms with Crippen molar-refractivity contribution in [1.82, 2.24) is 0 Å². The molecule has 0 aromatic carbocycles. The Morgan fingerprint density at radius 3 is 2.16 bits per heavy atom. The van der Waals surface area contributed by atoms with E-state index in [4.69, 9.17) is 9.47 Å². The molecule has 4 heteroatoms. The molecule has 0 unspecified atom stereocenters. The molecular formula is C15H26O4. The van der Waals surface area contributed by atoms with Crippen LogP contribution in [0, 0.1) is 17.8 Å². The minimum Gasteiger partial charge on any atom is -0.469 e. The van der Waals surface area contributed by atoms with Gasteiger partial charge in [0.15, 0.2) is 0 Å². The average Bonchev–Trinajstić information content (AvgIpc) is 2.45. The standard InChI is InChI=1S/C15H26O4/c1-11(14(16)18-2)9-13(15(17)19-3)10-12-7-5-4-6-8-12/h11-13H,4-10H2,1-3H3/t11-,13+/m1/s1. The third-order valence-corrected chi connectivity index (χ3v) is 4.12. The van der Waals surface area contributed by atoms with Gasteiger partial charge in [-0.3, -0.25) is 9.59 Å². The number of rotatable bonds is 6. The second kappa shape index (κ2) is 8.18. The van der Waals surface area contributed by atoms with E-state index in [0.717, 1.165) is 6.42 Å². The second-order valence-corrected chi connectivity index (χ2v) is 5.62. The summed E-state index contributed by atoms with van der Waals surface area (Å²) in [6, 6.07) is 0. The second-order valence-electron chi connectivity index (χ2n) is 5.62. The summed E-state index contributed by atoms with van der Waals surface area (Å²) in [4.78, 5) is 23.3. The summed E-state index contributed by atoms with van der Waals surface area (Å²) in [5.74, 6) is -0.276. The minimum absolute atomic E-state index is 0.179. The predicted molar refractivity (Wildman–Crippen MR) is 72.5 cm³/mol. The molecule has 1 saturated carbocycles. The van der Waals surface area contributed by atoms with Gasteiger partial charge < -0.3 is 9.47 Å². The lowest BCUT2D eigenvalue weighted by atomic mass is 9.80. The smallest absolute Gasteiger partial charge is 0.308 e. The fourth-order valence-electron chi connectivity index (χ4n) is 3.00. The highest BCUT2D eigenvalue weighted by Gasteiger charge is 2.28. The molecule has 19 heavy (non-hydrogen) atoms. The lowest BCUT2D eigenvalue weighted by Crippen LogP contribution is -2.26. The molecule has 0 spiro atoms. The Morgan fingerprint density at radius 2 is 1.63 bits per heavy atom. The van der Waals surface area contributed by atoms with Crippen LogP contribution in [0.2, 0.25) is 0 Å². The molecule has 0 aromatic rings. The molecule has 110 valence electrons. The van der Waals surface area contributed by atoms with E-state index >= 15 is 0 Å². The zero-order chi connectivity index (χ0) is 14.3. The molecular weight excluding hydrogens is 244 g/mol. The van der Waals surface area contributed by atoms with Gasteiger partial charge in [-0.1, -0.05) is 39.0 Å².